The minimum atomic E-state index is -0.729. The molecule has 0 spiro atoms. The first kappa shape index (κ1) is 17.5. The third-order valence-corrected chi connectivity index (χ3v) is 5.24. The highest BCUT2D eigenvalue weighted by Gasteiger charge is 2.18. The molecule has 0 bridgehead atoms. The van der Waals surface area contributed by atoms with Crippen molar-refractivity contribution in [1.82, 2.24) is 0 Å². The lowest BCUT2D eigenvalue weighted by Gasteiger charge is -2.11. The lowest BCUT2D eigenvalue weighted by atomic mass is 10.1. The van der Waals surface area contributed by atoms with Gasteiger partial charge in [-0.25, -0.2) is 0 Å². The first-order chi connectivity index (χ1) is 12.1. The second-order valence-electron chi connectivity index (χ2n) is 5.59. The van der Waals surface area contributed by atoms with Gasteiger partial charge in [0.2, 0.25) is 0 Å². The topological polar surface area (TPSA) is 58.9 Å². The summed E-state index contributed by atoms with van der Waals surface area (Å²) in [5, 5.41) is 21.1. The van der Waals surface area contributed by atoms with Gasteiger partial charge in [0.25, 0.3) is 0 Å². The van der Waals surface area contributed by atoms with Gasteiger partial charge in [-0.3, -0.25) is 0 Å². The molecule has 5 heteroatoms. The summed E-state index contributed by atoms with van der Waals surface area (Å²) in [5.41, 5.74) is 1.57. The van der Waals surface area contributed by atoms with Crippen molar-refractivity contribution < 1.29 is 19.7 Å². The zero-order chi connectivity index (χ0) is 17.8. The number of hydrogen-bond acceptors (Lipinski definition) is 5. The standard InChI is InChI=1S/C20H20O4S/c1-23-15-7-3-13(4-8-15)19(21)17-11-12-18(25-17)20(22)14-5-9-16(24-2)10-6-14/h3-12,19-22H,1-2H3/t19-,20-/m0/s1. The Morgan fingerprint density at radius 3 is 1.32 bits per heavy atom. The summed E-state index contributed by atoms with van der Waals surface area (Å²) in [5.74, 6) is 1.50. The molecule has 0 saturated carbocycles. The summed E-state index contributed by atoms with van der Waals surface area (Å²) < 4.78 is 10.3. The van der Waals surface area contributed by atoms with Gasteiger partial charge in [-0.2, -0.15) is 0 Å². The van der Waals surface area contributed by atoms with Crippen LogP contribution >= 0.6 is 11.3 Å². The molecule has 130 valence electrons. The van der Waals surface area contributed by atoms with Gasteiger partial charge < -0.3 is 19.7 Å². The van der Waals surface area contributed by atoms with Crippen molar-refractivity contribution in [2.24, 2.45) is 0 Å². The molecule has 4 nitrogen and oxygen atoms in total. The monoisotopic (exact) mass is 356 g/mol. The highest BCUT2D eigenvalue weighted by molar-refractivity contribution is 7.12. The van der Waals surface area contributed by atoms with E-state index in [1.165, 1.54) is 11.3 Å². The maximum Gasteiger partial charge on any atom is 0.118 e. The largest absolute Gasteiger partial charge is 0.497 e. The second kappa shape index (κ2) is 7.70. The Morgan fingerprint density at radius 1 is 0.640 bits per heavy atom. The van der Waals surface area contributed by atoms with Crippen LogP contribution in [0.2, 0.25) is 0 Å². The number of aliphatic hydroxyl groups is 2. The molecule has 0 radical (unpaired) electrons. The van der Waals surface area contributed by atoms with Gasteiger partial charge in [0.05, 0.1) is 14.2 Å². The van der Waals surface area contributed by atoms with Gasteiger partial charge in [-0.05, 0) is 47.5 Å². The molecule has 0 aliphatic carbocycles. The van der Waals surface area contributed by atoms with E-state index in [0.29, 0.717) is 0 Å². The summed E-state index contributed by atoms with van der Waals surface area (Å²) in [6.45, 7) is 0. The predicted octanol–water partition coefficient (Wildman–Crippen LogP) is 3.93. The van der Waals surface area contributed by atoms with E-state index >= 15 is 0 Å². The fraction of sp³-hybridized carbons (Fsp3) is 0.200. The zero-order valence-electron chi connectivity index (χ0n) is 14.0. The molecule has 25 heavy (non-hydrogen) atoms. The summed E-state index contributed by atoms with van der Waals surface area (Å²) in [4.78, 5) is 1.57. The third kappa shape index (κ3) is 3.85. The molecule has 0 amide bonds. The Labute approximate surface area is 150 Å². The van der Waals surface area contributed by atoms with Crippen molar-refractivity contribution in [3.05, 3.63) is 81.5 Å². The summed E-state index contributed by atoms with van der Waals surface area (Å²) in [6, 6.07) is 18.3. The molecule has 1 aromatic heterocycles. The van der Waals surface area contributed by atoms with E-state index in [1.54, 1.807) is 14.2 Å². The molecule has 0 aliphatic rings. The Hall–Kier alpha value is -2.34. The fourth-order valence-corrected chi connectivity index (χ4v) is 3.60. The molecule has 2 N–H and O–H groups in total. The zero-order valence-corrected chi connectivity index (χ0v) is 14.9. The Kier molecular flexibility index (Phi) is 5.38. The number of benzene rings is 2. The quantitative estimate of drug-likeness (QED) is 0.703. The van der Waals surface area contributed by atoms with Crippen LogP contribution in [0, 0.1) is 0 Å². The van der Waals surface area contributed by atoms with Gasteiger partial charge in [-0.1, -0.05) is 24.3 Å². The Balaban J connectivity index is 1.78. The molecular formula is C20H20O4S. The van der Waals surface area contributed by atoms with Crippen molar-refractivity contribution in [2.45, 2.75) is 12.2 Å². The Morgan fingerprint density at radius 2 is 1.00 bits per heavy atom. The third-order valence-electron chi connectivity index (χ3n) is 4.05. The van der Waals surface area contributed by atoms with Crippen molar-refractivity contribution in [3.63, 3.8) is 0 Å². The van der Waals surface area contributed by atoms with E-state index in [2.05, 4.69) is 0 Å². The normalized spacial score (nSPS) is 13.3. The van der Waals surface area contributed by atoms with Crippen LogP contribution in [0.3, 0.4) is 0 Å². The minimum Gasteiger partial charge on any atom is -0.497 e. The SMILES string of the molecule is COc1ccc([C@H](O)c2ccc([C@@H](O)c3ccc(OC)cc3)s2)cc1. The first-order valence-electron chi connectivity index (χ1n) is 7.86. The van der Waals surface area contributed by atoms with Gasteiger partial charge in [0.1, 0.15) is 23.7 Å². The molecule has 0 saturated heterocycles. The van der Waals surface area contributed by atoms with Crippen molar-refractivity contribution >= 4 is 11.3 Å². The number of thiophene rings is 1. The number of ether oxygens (including phenoxy) is 2. The van der Waals surface area contributed by atoms with E-state index < -0.39 is 12.2 Å². The maximum absolute atomic E-state index is 10.6. The van der Waals surface area contributed by atoms with E-state index in [1.807, 2.05) is 60.7 Å². The van der Waals surface area contributed by atoms with E-state index in [9.17, 15) is 10.2 Å². The molecule has 0 aliphatic heterocycles. The number of rotatable bonds is 6. The maximum atomic E-state index is 10.6. The van der Waals surface area contributed by atoms with Crippen LogP contribution in [-0.2, 0) is 0 Å². The summed E-state index contributed by atoms with van der Waals surface area (Å²) in [6.07, 6.45) is -1.46. The summed E-state index contributed by atoms with van der Waals surface area (Å²) in [7, 11) is 3.22. The van der Waals surface area contributed by atoms with Gasteiger partial charge in [0.15, 0.2) is 0 Å². The van der Waals surface area contributed by atoms with Gasteiger partial charge >= 0.3 is 0 Å². The molecule has 0 fully saturated rings. The van der Waals surface area contributed by atoms with Crippen molar-refractivity contribution in [2.75, 3.05) is 14.2 Å². The lowest BCUT2D eigenvalue weighted by Crippen LogP contribution is -1.98. The number of aliphatic hydroxyl groups excluding tert-OH is 2. The lowest BCUT2D eigenvalue weighted by molar-refractivity contribution is 0.223. The highest BCUT2D eigenvalue weighted by atomic mass is 32.1. The molecule has 3 rings (SSSR count). The highest BCUT2D eigenvalue weighted by Crippen LogP contribution is 2.34. The molecule has 3 aromatic rings. The van der Waals surface area contributed by atoms with Crippen LogP contribution in [0.15, 0.2) is 60.7 Å². The second-order valence-corrected chi connectivity index (χ2v) is 6.74. The van der Waals surface area contributed by atoms with Gasteiger partial charge in [-0.15, -0.1) is 11.3 Å². The van der Waals surface area contributed by atoms with Crippen molar-refractivity contribution in [3.8, 4) is 11.5 Å². The molecular weight excluding hydrogens is 336 g/mol. The minimum absolute atomic E-state index is 0.729. The number of methoxy groups -OCH3 is 2. The molecule has 2 atom stereocenters. The van der Waals surface area contributed by atoms with Crippen LogP contribution in [0.1, 0.15) is 33.1 Å². The fourth-order valence-electron chi connectivity index (χ4n) is 2.56. The van der Waals surface area contributed by atoms with Crippen LogP contribution < -0.4 is 9.47 Å². The van der Waals surface area contributed by atoms with Crippen LogP contribution in [-0.4, -0.2) is 24.4 Å². The van der Waals surface area contributed by atoms with Crippen LogP contribution in [0.4, 0.5) is 0 Å². The van der Waals surface area contributed by atoms with Crippen molar-refractivity contribution in [1.29, 1.82) is 0 Å². The first-order valence-corrected chi connectivity index (χ1v) is 8.67. The Bertz CT molecular complexity index is 740. The molecule has 2 aromatic carbocycles. The van der Waals surface area contributed by atoms with E-state index in [4.69, 9.17) is 9.47 Å². The van der Waals surface area contributed by atoms with Crippen LogP contribution in [0.5, 0.6) is 11.5 Å². The molecule has 0 unspecified atom stereocenters. The van der Waals surface area contributed by atoms with Gasteiger partial charge in [0, 0.05) is 9.75 Å². The smallest absolute Gasteiger partial charge is 0.118 e. The van der Waals surface area contributed by atoms with Crippen LogP contribution in [0.25, 0.3) is 0 Å². The number of hydrogen-bond donors (Lipinski definition) is 2. The molecule has 1 heterocycles. The predicted molar refractivity (Wildman–Crippen MR) is 98.4 cm³/mol. The van der Waals surface area contributed by atoms with E-state index in [0.717, 1.165) is 32.4 Å². The average molecular weight is 356 g/mol. The average Bonchev–Trinajstić information content (AvgIpc) is 3.17. The summed E-state index contributed by atoms with van der Waals surface area (Å²) >= 11 is 1.40. The van der Waals surface area contributed by atoms with E-state index in [-0.39, 0.29) is 0 Å².